The molecule has 2 heterocycles. The molecule has 0 aromatic carbocycles. The summed E-state index contributed by atoms with van der Waals surface area (Å²) >= 11 is 3.29. The standard InChI is InChI=1S/C7H6BrNO2/c8-5-3-6-7(10)11-2-1-9(6)4-5/h3-4H,1-2H2. The van der Waals surface area contributed by atoms with Crippen molar-refractivity contribution in [2.75, 3.05) is 6.61 Å². The smallest absolute Gasteiger partial charge is 0.355 e. The summed E-state index contributed by atoms with van der Waals surface area (Å²) in [5.41, 5.74) is 0.628. The molecule has 3 nitrogen and oxygen atoms in total. The number of fused-ring (bicyclic) bond motifs is 1. The minimum Gasteiger partial charge on any atom is -0.459 e. The van der Waals surface area contributed by atoms with Gasteiger partial charge < -0.3 is 9.30 Å². The lowest BCUT2D eigenvalue weighted by molar-refractivity contribution is 0.0422. The number of esters is 1. The number of aromatic nitrogens is 1. The van der Waals surface area contributed by atoms with Gasteiger partial charge in [0.1, 0.15) is 12.3 Å². The molecule has 1 aromatic rings. The second-order valence-electron chi connectivity index (χ2n) is 2.37. The Morgan fingerprint density at radius 2 is 2.45 bits per heavy atom. The zero-order valence-corrected chi connectivity index (χ0v) is 7.30. The number of hydrogen-bond donors (Lipinski definition) is 0. The number of carbonyl (C=O) groups excluding carboxylic acids is 1. The molecule has 1 aliphatic rings. The Kier molecular flexibility index (Phi) is 1.49. The zero-order valence-electron chi connectivity index (χ0n) is 5.71. The van der Waals surface area contributed by atoms with Crippen molar-refractivity contribution in [1.29, 1.82) is 0 Å². The predicted octanol–water partition coefficient (Wildman–Crippen LogP) is 1.42. The molecule has 0 saturated heterocycles. The molecule has 0 aliphatic carbocycles. The summed E-state index contributed by atoms with van der Waals surface area (Å²) in [5, 5.41) is 0. The average Bonchev–Trinajstić information content (AvgIpc) is 2.31. The highest BCUT2D eigenvalue weighted by atomic mass is 79.9. The molecule has 0 atom stereocenters. The largest absolute Gasteiger partial charge is 0.459 e. The summed E-state index contributed by atoms with van der Waals surface area (Å²) in [6.45, 7) is 1.24. The third kappa shape index (κ3) is 1.07. The fraction of sp³-hybridized carbons (Fsp3) is 0.286. The minimum atomic E-state index is -0.234. The van der Waals surface area contributed by atoms with E-state index in [1.165, 1.54) is 0 Å². The number of carbonyl (C=O) groups is 1. The zero-order chi connectivity index (χ0) is 7.84. The van der Waals surface area contributed by atoms with E-state index in [2.05, 4.69) is 15.9 Å². The maximum Gasteiger partial charge on any atom is 0.355 e. The summed E-state index contributed by atoms with van der Waals surface area (Å²) < 4.78 is 7.64. The van der Waals surface area contributed by atoms with E-state index in [0.29, 0.717) is 12.3 Å². The van der Waals surface area contributed by atoms with E-state index in [1.807, 2.05) is 10.8 Å². The van der Waals surface area contributed by atoms with E-state index in [1.54, 1.807) is 6.07 Å². The highest BCUT2D eigenvalue weighted by Crippen LogP contribution is 2.18. The van der Waals surface area contributed by atoms with Gasteiger partial charge in [0.25, 0.3) is 0 Å². The number of hydrogen-bond acceptors (Lipinski definition) is 2. The van der Waals surface area contributed by atoms with E-state index < -0.39 is 0 Å². The normalized spacial score (nSPS) is 15.9. The van der Waals surface area contributed by atoms with Crippen LogP contribution in [0.5, 0.6) is 0 Å². The Morgan fingerprint density at radius 1 is 1.64 bits per heavy atom. The van der Waals surface area contributed by atoms with E-state index in [4.69, 9.17) is 4.74 Å². The monoisotopic (exact) mass is 215 g/mol. The quantitative estimate of drug-likeness (QED) is 0.614. The van der Waals surface area contributed by atoms with Gasteiger partial charge in [0.05, 0.1) is 6.54 Å². The molecule has 0 fully saturated rings. The second-order valence-corrected chi connectivity index (χ2v) is 3.29. The molecule has 0 N–H and O–H groups in total. The van der Waals surface area contributed by atoms with Crippen LogP contribution < -0.4 is 0 Å². The fourth-order valence-electron chi connectivity index (χ4n) is 1.14. The number of cyclic esters (lactones) is 1. The topological polar surface area (TPSA) is 31.2 Å². The summed E-state index contributed by atoms with van der Waals surface area (Å²) in [7, 11) is 0. The molecule has 1 aromatic heterocycles. The summed E-state index contributed by atoms with van der Waals surface area (Å²) in [4.78, 5) is 11.0. The first kappa shape index (κ1) is 6.91. The van der Waals surface area contributed by atoms with Crippen LogP contribution in [0, 0.1) is 0 Å². The summed E-state index contributed by atoms with van der Waals surface area (Å²) in [5.74, 6) is -0.234. The Hall–Kier alpha value is -0.770. The molecular weight excluding hydrogens is 210 g/mol. The van der Waals surface area contributed by atoms with Gasteiger partial charge in [-0.1, -0.05) is 0 Å². The van der Waals surface area contributed by atoms with E-state index >= 15 is 0 Å². The minimum absolute atomic E-state index is 0.234. The molecule has 1 aliphatic heterocycles. The molecule has 11 heavy (non-hydrogen) atoms. The van der Waals surface area contributed by atoms with Crippen molar-refractivity contribution in [3.63, 3.8) is 0 Å². The highest BCUT2D eigenvalue weighted by Gasteiger charge is 2.18. The lowest BCUT2D eigenvalue weighted by Crippen LogP contribution is -2.21. The van der Waals surface area contributed by atoms with Crippen LogP contribution in [-0.4, -0.2) is 17.1 Å². The lowest BCUT2D eigenvalue weighted by atomic mass is 10.4. The number of halogens is 1. The Morgan fingerprint density at radius 3 is 3.18 bits per heavy atom. The van der Waals surface area contributed by atoms with Crippen molar-refractivity contribution < 1.29 is 9.53 Å². The van der Waals surface area contributed by atoms with E-state index in [9.17, 15) is 4.79 Å². The Labute approximate surface area is 72.1 Å². The third-order valence-electron chi connectivity index (χ3n) is 1.64. The molecule has 0 spiro atoms. The highest BCUT2D eigenvalue weighted by molar-refractivity contribution is 9.10. The van der Waals surface area contributed by atoms with Crippen LogP contribution in [0.25, 0.3) is 0 Å². The van der Waals surface area contributed by atoms with Gasteiger partial charge in [-0.15, -0.1) is 0 Å². The van der Waals surface area contributed by atoms with Gasteiger partial charge in [0.2, 0.25) is 0 Å². The second kappa shape index (κ2) is 2.37. The molecule has 58 valence electrons. The van der Waals surface area contributed by atoms with Crippen molar-refractivity contribution in [3.05, 3.63) is 22.4 Å². The molecule has 0 saturated carbocycles. The number of nitrogens with zero attached hydrogens (tertiary/aromatic N) is 1. The molecule has 0 radical (unpaired) electrons. The van der Waals surface area contributed by atoms with Crippen molar-refractivity contribution in [3.8, 4) is 0 Å². The molecule has 0 unspecified atom stereocenters. The van der Waals surface area contributed by atoms with Gasteiger partial charge in [0.15, 0.2) is 0 Å². The summed E-state index contributed by atoms with van der Waals surface area (Å²) in [6, 6.07) is 1.77. The van der Waals surface area contributed by atoms with Crippen molar-refractivity contribution in [1.82, 2.24) is 4.57 Å². The Bertz CT molecular complexity index is 305. The number of ether oxygens (including phenoxy) is 1. The SMILES string of the molecule is O=C1OCCn2cc(Br)cc21. The van der Waals surface area contributed by atoms with Crippen LogP contribution in [0.3, 0.4) is 0 Å². The fourth-order valence-corrected chi connectivity index (χ4v) is 1.61. The molecular formula is C7H6BrNO2. The van der Waals surface area contributed by atoms with Gasteiger partial charge in [0, 0.05) is 10.7 Å². The van der Waals surface area contributed by atoms with Crippen molar-refractivity contribution >= 4 is 21.9 Å². The van der Waals surface area contributed by atoms with Crippen LogP contribution >= 0.6 is 15.9 Å². The van der Waals surface area contributed by atoms with Crippen LogP contribution in [0.15, 0.2) is 16.7 Å². The van der Waals surface area contributed by atoms with Crippen LogP contribution in [0.2, 0.25) is 0 Å². The van der Waals surface area contributed by atoms with Crippen LogP contribution in [0.4, 0.5) is 0 Å². The van der Waals surface area contributed by atoms with E-state index in [-0.39, 0.29) is 5.97 Å². The van der Waals surface area contributed by atoms with Gasteiger partial charge in [-0.3, -0.25) is 0 Å². The summed E-state index contributed by atoms with van der Waals surface area (Å²) in [6.07, 6.45) is 1.88. The molecule has 4 heteroatoms. The van der Waals surface area contributed by atoms with Gasteiger partial charge in [-0.2, -0.15) is 0 Å². The van der Waals surface area contributed by atoms with Gasteiger partial charge >= 0.3 is 5.97 Å². The first-order chi connectivity index (χ1) is 5.27. The van der Waals surface area contributed by atoms with Crippen molar-refractivity contribution in [2.45, 2.75) is 6.54 Å². The van der Waals surface area contributed by atoms with Crippen molar-refractivity contribution in [2.24, 2.45) is 0 Å². The van der Waals surface area contributed by atoms with Crippen LogP contribution in [-0.2, 0) is 11.3 Å². The molecule has 0 bridgehead atoms. The van der Waals surface area contributed by atoms with Gasteiger partial charge in [-0.05, 0) is 22.0 Å². The maximum atomic E-state index is 11.0. The first-order valence-electron chi connectivity index (χ1n) is 3.30. The molecule has 0 amide bonds. The predicted molar refractivity (Wildman–Crippen MR) is 42.4 cm³/mol. The third-order valence-corrected chi connectivity index (χ3v) is 2.07. The lowest BCUT2D eigenvalue weighted by Gasteiger charge is -2.13. The maximum absolute atomic E-state index is 11.0. The molecule has 2 rings (SSSR count). The van der Waals surface area contributed by atoms with Crippen LogP contribution in [0.1, 0.15) is 10.5 Å². The van der Waals surface area contributed by atoms with E-state index in [0.717, 1.165) is 11.0 Å². The first-order valence-corrected chi connectivity index (χ1v) is 4.09. The van der Waals surface area contributed by atoms with Gasteiger partial charge in [-0.25, -0.2) is 4.79 Å². The Balaban J connectivity index is 2.52. The number of rotatable bonds is 0. The average molecular weight is 216 g/mol.